The minimum atomic E-state index is 0.700. The molecule has 0 radical (unpaired) electrons. The number of aromatic nitrogens is 2. The summed E-state index contributed by atoms with van der Waals surface area (Å²) in [5, 5.41) is 0. The van der Waals surface area contributed by atoms with Crippen LogP contribution in [0.25, 0.3) is 0 Å². The minimum absolute atomic E-state index is 0.700. The summed E-state index contributed by atoms with van der Waals surface area (Å²) in [6, 6.07) is 0. The number of anilines is 2. The van der Waals surface area contributed by atoms with Crippen LogP contribution in [-0.2, 0) is 11.2 Å². The average Bonchev–Trinajstić information content (AvgIpc) is 2.44. The van der Waals surface area contributed by atoms with Crippen LogP contribution in [0.15, 0.2) is 6.33 Å². The maximum Gasteiger partial charge on any atom is 0.148 e. The molecule has 1 rings (SSSR count). The van der Waals surface area contributed by atoms with E-state index in [-0.39, 0.29) is 0 Å². The highest BCUT2D eigenvalue weighted by Gasteiger charge is 2.15. The summed E-state index contributed by atoms with van der Waals surface area (Å²) in [5.41, 5.74) is 3.73. The van der Waals surface area contributed by atoms with Gasteiger partial charge < -0.3 is 15.1 Å². The van der Waals surface area contributed by atoms with Gasteiger partial charge >= 0.3 is 0 Å². The molecule has 0 fully saturated rings. The Hall–Kier alpha value is -1.40. The standard InChI is InChI=1S/C13H25N5O/c1-4-7-11-12(17-14)15-10-16-13(11)18(5-2)8-9-19-6-3/h10H,4-9,14H2,1-3H3,(H,15,16,17). The number of hydrogen-bond acceptors (Lipinski definition) is 6. The fraction of sp³-hybridized carbons (Fsp3) is 0.692. The second-order valence-electron chi connectivity index (χ2n) is 4.20. The van der Waals surface area contributed by atoms with E-state index in [1.54, 1.807) is 6.33 Å². The van der Waals surface area contributed by atoms with Gasteiger partial charge in [0.2, 0.25) is 0 Å². The third-order valence-corrected chi connectivity index (χ3v) is 2.95. The van der Waals surface area contributed by atoms with Gasteiger partial charge in [-0.2, -0.15) is 0 Å². The Balaban J connectivity index is 2.94. The number of ether oxygens (including phenoxy) is 1. The Bertz CT molecular complexity index is 372. The Labute approximate surface area is 115 Å². The molecule has 0 saturated carbocycles. The van der Waals surface area contributed by atoms with Crippen LogP contribution >= 0.6 is 0 Å². The lowest BCUT2D eigenvalue weighted by molar-refractivity contribution is 0.154. The molecule has 6 nitrogen and oxygen atoms in total. The van der Waals surface area contributed by atoms with Crippen molar-refractivity contribution in [1.82, 2.24) is 9.97 Å². The Kier molecular flexibility index (Phi) is 7.14. The Morgan fingerprint density at radius 3 is 2.68 bits per heavy atom. The van der Waals surface area contributed by atoms with Gasteiger partial charge in [-0.15, -0.1) is 0 Å². The monoisotopic (exact) mass is 267 g/mol. The molecule has 1 heterocycles. The quantitative estimate of drug-likeness (QED) is 0.402. The van der Waals surface area contributed by atoms with E-state index in [9.17, 15) is 0 Å². The smallest absolute Gasteiger partial charge is 0.148 e. The lowest BCUT2D eigenvalue weighted by atomic mass is 10.1. The van der Waals surface area contributed by atoms with E-state index in [1.807, 2.05) is 6.92 Å². The highest BCUT2D eigenvalue weighted by Crippen LogP contribution is 2.24. The van der Waals surface area contributed by atoms with Crippen LogP contribution in [0.4, 0.5) is 11.6 Å². The van der Waals surface area contributed by atoms with Gasteiger partial charge in [0.05, 0.1) is 6.61 Å². The predicted molar refractivity (Wildman–Crippen MR) is 78.2 cm³/mol. The molecule has 0 aliphatic heterocycles. The molecule has 1 aromatic rings. The van der Waals surface area contributed by atoms with Gasteiger partial charge in [-0.25, -0.2) is 15.8 Å². The number of hydrogen-bond donors (Lipinski definition) is 2. The third kappa shape index (κ3) is 4.33. The fourth-order valence-electron chi connectivity index (χ4n) is 2.01. The molecular formula is C13H25N5O. The molecule has 0 aliphatic rings. The Morgan fingerprint density at radius 2 is 2.11 bits per heavy atom. The zero-order valence-corrected chi connectivity index (χ0v) is 12.1. The van der Waals surface area contributed by atoms with Gasteiger partial charge in [-0.05, 0) is 20.3 Å². The molecule has 19 heavy (non-hydrogen) atoms. The molecule has 0 saturated heterocycles. The summed E-state index contributed by atoms with van der Waals surface area (Å²) in [5.74, 6) is 7.19. The van der Waals surface area contributed by atoms with Crippen LogP contribution in [0.1, 0.15) is 32.8 Å². The molecule has 0 aromatic carbocycles. The molecule has 0 amide bonds. The average molecular weight is 267 g/mol. The maximum atomic E-state index is 5.53. The number of rotatable bonds is 9. The third-order valence-electron chi connectivity index (χ3n) is 2.95. The van der Waals surface area contributed by atoms with E-state index in [0.29, 0.717) is 12.4 Å². The molecule has 0 aliphatic carbocycles. The van der Waals surface area contributed by atoms with Crippen molar-refractivity contribution in [2.75, 3.05) is 36.6 Å². The first kappa shape index (κ1) is 15.7. The minimum Gasteiger partial charge on any atom is -0.380 e. The summed E-state index contributed by atoms with van der Waals surface area (Å²) in [6.45, 7) is 9.38. The summed E-state index contributed by atoms with van der Waals surface area (Å²) in [6.07, 6.45) is 3.48. The second kappa shape index (κ2) is 8.66. The fourth-order valence-corrected chi connectivity index (χ4v) is 2.01. The van der Waals surface area contributed by atoms with Crippen molar-refractivity contribution < 1.29 is 4.74 Å². The molecule has 0 atom stereocenters. The van der Waals surface area contributed by atoms with Gasteiger partial charge in [0.1, 0.15) is 18.0 Å². The van der Waals surface area contributed by atoms with Crippen LogP contribution in [0.2, 0.25) is 0 Å². The van der Waals surface area contributed by atoms with Crippen LogP contribution in [-0.4, -0.2) is 36.3 Å². The van der Waals surface area contributed by atoms with E-state index in [1.165, 1.54) is 0 Å². The van der Waals surface area contributed by atoms with Crippen molar-refractivity contribution in [3.63, 3.8) is 0 Å². The lowest BCUT2D eigenvalue weighted by Crippen LogP contribution is -2.29. The van der Waals surface area contributed by atoms with Crippen LogP contribution in [0, 0.1) is 0 Å². The van der Waals surface area contributed by atoms with Crippen molar-refractivity contribution in [2.45, 2.75) is 33.6 Å². The number of nitrogens with zero attached hydrogens (tertiary/aromatic N) is 3. The summed E-state index contributed by atoms with van der Waals surface area (Å²) in [7, 11) is 0. The van der Waals surface area contributed by atoms with Crippen molar-refractivity contribution in [3.8, 4) is 0 Å². The van der Waals surface area contributed by atoms with Gasteiger partial charge in [-0.3, -0.25) is 0 Å². The number of nitrogens with two attached hydrogens (primary N) is 1. The molecule has 108 valence electrons. The Morgan fingerprint density at radius 1 is 1.32 bits per heavy atom. The molecular weight excluding hydrogens is 242 g/mol. The van der Waals surface area contributed by atoms with Gasteiger partial charge in [-0.1, -0.05) is 13.3 Å². The number of likely N-dealkylation sites (N-methyl/N-ethyl adjacent to an activating group) is 1. The van der Waals surface area contributed by atoms with Crippen molar-refractivity contribution in [3.05, 3.63) is 11.9 Å². The molecule has 6 heteroatoms. The zero-order chi connectivity index (χ0) is 14.1. The molecule has 0 spiro atoms. The predicted octanol–water partition coefficient (Wildman–Crippen LogP) is 1.58. The van der Waals surface area contributed by atoms with Crippen molar-refractivity contribution in [1.29, 1.82) is 0 Å². The highest BCUT2D eigenvalue weighted by atomic mass is 16.5. The topological polar surface area (TPSA) is 76.3 Å². The number of hydrazine groups is 1. The van der Waals surface area contributed by atoms with Gasteiger partial charge in [0.15, 0.2) is 0 Å². The second-order valence-corrected chi connectivity index (χ2v) is 4.20. The summed E-state index contributed by atoms with van der Waals surface area (Å²) >= 11 is 0. The van der Waals surface area contributed by atoms with Gasteiger partial charge in [0, 0.05) is 25.3 Å². The first-order valence-electron chi connectivity index (χ1n) is 6.91. The highest BCUT2D eigenvalue weighted by molar-refractivity contribution is 5.58. The van der Waals surface area contributed by atoms with E-state index in [4.69, 9.17) is 10.6 Å². The van der Waals surface area contributed by atoms with Gasteiger partial charge in [0.25, 0.3) is 0 Å². The first-order valence-corrected chi connectivity index (χ1v) is 6.91. The molecule has 0 unspecified atom stereocenters. The van der Waals surface area contributed by atoms with Crippen LogP contribution < -0.4 is 16.2 Å². The first-order chi connectivity index (χ1) is 9.28. The number of nitrogens with one attached hydrogen (secondary N) is 1. The molecule has 3 N–H and O–H groups in total. The van der Waals surface area contributed by atoms with Crippen molar-refractivity contribution >= 4 is 11.6 Å². The maximum absolute atomic E-state index is 5.53. The van der Waals surface area contributed by atoms with Crippen molar-refractivity contribution in [2.24, 2.45) is 5.84 Å². The van der Waals surface area contributed by atoms with E-state index < -0.39 is 0 Å². The SMILES string of the molecule is CCCc1c(NN)ncnc1N(CC)CCOCC. The van der Waals surface area contributed by atoms with Crippen LogP contribution in [0.3, 0.4) is 0 Å². The number of nitrogen functional groups attached to an aromatic ring is 1. The van der Waals surface area contributed by atoms with E-state index in [2.05, 4.69) is 34.1 Å². The lowest BCUT2D eigenvalue weighted by Gasteiger charge is -2.25. The van der Waals surface area contributed by atoms with E-state index in [0.717, 1.165) is 43.9 Å². The molecule has 0 bridgehead atoms. The normalized spacial score (nSPS) is 10.5. The summed E-state index contributed by atoms with van der Waals surface area (Å²) < 4.78 is 5.42. The van der Waals surface area contributed by atoms with E-state index >= 15 is 0 Å². The largest absolute Gasteiger partial charge is 0.380 e. The summed E-state index contributed by atoms with van der Waals surface area (Å²) in [4.78, 5) is 10.8. The zero-order valence-electron chi connectivity index (χ0n) is 12.1. The molecule has 1 aromatic heterocycles. The van der Waals surface area contributed by atoms with Crippen LogP contribution in [0.5, 0.6) is 0 Å².